The van der Waals surface area contributed by atoms with Gasteiger partial charge in [-0.15, -0.1) is 0 Å². The Morgan fingerprint density at radius 3 is 2.89 bits per heavy atom. The van der Waals surface area contributed by atoms with Crippen LogP contribution in [0.25, 0.3) is 0 Å². The van der Waals surface area contributed by atoms with Gasteiger partial charge in [0.25, 0.3) is 0 Å². The highest BCUT2D eigenvalue weighted by Gasteiger charge is 2.17. The Hall–Kier alpha value is -1.12. The molecule has 0 unspecified atom stereocenters. The SMILES string of the molecule is CCCn1nccc1C(=O)CCC1CCCCC1. The van der Waals surface area contributed by atoms with Gasteiger partial charge in [0.1, 0.15) is 5.69 Å². The van der Waals surface area contributed by atoms with E-state index in [0.717, 1.165) is 31.0 Å². The van der Waals surface area contributed by atoms with Gasteiger partial charge in [0.2, 0.25) is 0 Å². The van der Waals surface area contributed by atoms with Crippen molar-refractivity contribution in [3.05, 3.63) is 18.0 Å². The van der Waals surface area contributed by atoms with Crippen molar-refractivity contribution in [2.45, 2.75) is 64.8 Å². The van der Waals surface area contributed by atoms with E-state index >= 15 is 0 Å². The average Bonchev–Trinajstić information content (AvgIpc) is 2.86. The van der Waals surface area contributed by atoms with Crippen molar-refractivity contribution in [1.82, 2.24) is 9.78 Å². The highest BCUT2D eigenvalue weighted by molar-refractivity contribution is 5.94. The molecular formula is C15H24N2O. The number of carbonyl (C=O) groups excluding carboxylic acids is 1. The van der Waals surface area contributed by atoms with Crippen molar-refractivity contribution in [2.75, 3.05) is 0 Å². The fourth-order valence-corrected chi connectivity index (χ4v) is 2.90. The van der Waals surface area contributed by atoms with Gasteiger partial charge >= 0.3 is 0 Å². The van der Waals surface area contributed by atoms with Gasteiger partial charge in [-0.3, -0.25) is 9.48 Å². The zero-order chi connectivity index (χ0) is 12.8. The van der Waals surface area contributed by atoms with E-state index in [1.807, 2.05) is 10.7 Å². The van der Waals surface area contributed by atoms with Crippen molar-refractivity contribution in [1.29, 1.82) is 0 Å². The maximum Gasteiger partial charge on any atom is 0.180 e. The third kappa shape index (κ3) is 3.44. The average molecular weight is 248 g/mol. The van der Waals surface area contributed by atoms with Gasteiger partial charge < -0.3 is 0 Å². The number of ketones is 1. The van der Waals surface area contributed by atoms with E-state index in [1.54, 1.807) is 6.20 Å². The summed E-state index contributed by atoms with van der Waals surface area (Å²) < 4.78 is 1.85. The van der Waals surface area contributed by atoms with Crippen molar-refractivity contribution < 1.29 is 4.79 Å². The van der Waals surface area contributed by atoms with Crippen LogP contribution in [0.1, 0.15) is 68.8 Å². The molecule has 1 fully saturated rings. The van der Waals surface area contributed by atoms with Crippen molar-refractivity contribution >= 4 is 5.78 Å². The van der Waals surface area contributed by atoms with Crippen molar-refractivity contribution in [3.63, 3.8) is 0 Å². The number of aryl methyl sites for hydroxylation is 1. The van der Waals surface area contributed by atoms with Gasteiger partial charge in [-0.1, -0.05) is 39.0 Å². The predicted octanol–water partition coefficient (Wildman–Crippen LogP) is 3.84. The molecular weight excluding hydrogens is 224 g/mol. The summed E-state index contributed by atoms with van der Waals surface area (Å²) in [6.07, 6.45) is 11.3. The fourth-order valence-electron chi connectivity index (χ4n) is 2.90. The Bertz CT molecular complexity index is 378. The van der Waals surface area contributed by atoms with E-state index in [4.69, 9.17) is 0 Å². The molecule has 2 rings (SSSR count). The van der Waals surface area contributed by atoms with Gasteiger partial charge in [0.15, 0.2) is 5.78 Å². The number of hydrogen-bond donors (Lipinski definition) is 0. The van der Waals surface area contributed by atoms with Crippen LogP contribution in [0.5, 0.6) is 0 Å². The molecule has 1 aromatic heterocycles. The minimum Gasteiger partial charge on any atom is -0.292 e. The molecule has 0 radical (unpaired) electrons. The van der Waals surface area contributed by atoms with E-state index in [2.05, 4.69) is 12.0 Å². The summed E-state index contributed by atoms with van der Waals surface area (Å²) in [6.45, 7) is 2.95. The highest BCUT2D eigenvalue weighted by atomic mass is 16.1. The molecule has 100 valence electrons. The van der Waals surface area contributed by atoms with Gasteiger partial charge in [0, 0.05) is 19.2 Å². The largest absolute Gasteiger partial charge is 0.292 e. The van der Waals surface area contributed by atoms with E-state index in [1.165, 1.54) is 32.1 Å². The van der Waals surface area contributed by atoms with Gasteiger partial charge in [0.05, 0.1) is 0 Å². The fraction of sp³-hybridized carbons (Fsp3) is 0.733. The molecule has 0 N–H and O–H groups in total. The Morgan fingerprint density at radius 2 is 2.17 bits per heavy atom. The van der Waals surface area contributed by atoms with E-state index in [-0.39, 0.29) is 5.78 Å². The van der Waals surface area contributed by atoms with Crippen LogP contribution in [0.3, 0.4) is 0 Å². The number of aromatic nitrogens is 2. The van der Waals surface area contributed by atoms with Gasteiger partial charge in [-0.25, -0.2) is 0 Å². The van der Waals surface area contributed by atoms with E-state index < -0.39 is 0 Å². The first kappa shape index (κ1) is 13.3. The molecule has 1 aromatic rings. The summed E-state index contributed by atoms with van der Waals surface area (Å²) in [5, 5.41) is 4.22. The molecule has 1 heterocycles. The summed E-state index contributed by atoms with van der Waals surface area (Å²) in [6, 6.07) is 1.86. The van der Waals surface area contributed by atoms with Crippen LogP contribution in [0, 0.1) is 5.92 Å². The summed E-state index contributed by atoms with van der Waals surface area (Å²) in [4.78, 5) is 12.2. The second-order valence-electron chi connectivity index (χ2n) is 5.41. The van der Waals surface area contributed by atoms with E-state index in [9.17, 15) is 4.79 Å². The molecule has 0 bridgehead atoms. The molecule has 18 heavy (non-hydrogen) atoms. The van der Waals surface area contributed by atoms with Crippen LogP contribution in [-0.4, -0.2) is 15.6 Å². The molecule has 0 atom stereocenters. The maximum absolute atomic E-state index is 12.2. The highest BCUT2D eigenvalue weighted by Crippen LogP contribution is 2.27. The number of carbonyl (C=O) groups is 1. The molecule has 0 aliphatic heterocycles. The van der Waals surface area contributed by atoms with Gasteiger partial charge in [-0.2, -0.15) is 5.10 Å². The van der Waals surface area contributed by atoms with Crippen LogP contribution in [0.2, 0.25) is 0 Å². The Labute approximate surface area is 110 Å². The summed E-state index contributed by atoms with van der Waals surface area (Å²) in [5.41, 5.74) is 0.799. The monoisotopic (exact) mass is 248 g/mol. The number of rotatable bonds is 6. The lowest BCUT2D eigenvalue weighted by Gasteiger charge is -2.20. The Morgan fingerprint density at radius 1 is 1.39 bits per heavy atom. The molecule has 0 saturated heterocycles. The second kappa shape index (κ2) is 6.72. The molecule has 3 heteroatoms. The molecule has 0 aromatic carbocycles. The quantitative estimate of drug-likeness (QED) is 0.717. The minimum atomic E-state index is 0.270. The molecule has 1 aliphatic rings. The van der Waals surface area contributed by atoms with Crippen molar-refractivity contribution in [2.24, 2.45) is 5.92 Å². The minimum absolute atomic E-state index is 0.270. The topological polar surface area (TPSA) is 34.9 Å². The first-order chi connectivity index (χ1) is 8.81. The maximum atomic E-state index is 12.2. The summed E-state index contributed by atoms with van der Waals surface area (Å²) in [7, 11) is 0. The lowest BCUT2D eigenvalue weighted by Crippen LogP contribution is -2.13. The summed E-state index contributed by atoms with van der Waals surface area (Å²) in [5.74, 6) is 1.05. The van der Waals surface area contributed by atoms with E-state index in [0.29, 0.717) is 6.42 Å². The third-order valence-corrected chi connectivity index (χ3v) is 3.94. The predicted molar refractivity (Wildman–Crippen MR) is 72.7 cm³/mol. The Kier molecular flexibility index (Phi) is 4.97. The van der Waals surface area contributed by atoms with Crippen LogP contribution in [0.15, 0.2) is 12.3 Å². The first-order valence-electron chi connectivity index (χ1n) is 7.36. The number of hydrogen-bond acceptors (Lipinski definition) is 2. The molecule has 3 nitrogen and oxygen atoms in total. The summed E-state index contributed by atoms with van der Waals surface area (Å²) >= 11 is 0. The molecule has 1 aliphatic carbocycles. The smallest absolute Gasteiger partial charge is 0.180 e. The number of nitrogens with zero attached hydrogens (tertiary/aromatic N) is 2. The zero-order valence-electron chi connectivity index (χ0n) is 11.4. The molecule has 0 spiro atoms. The van der Waals surface area contributed by atoms with Crippen molar-refractivity contribution in [3.8, 4) is 0 Å². The molecule has 0 amide bonds. The lowest BCUT2D eigenvalue weighted by molar-refractivity contribution is 0.0959. The first-order valence-corrected chi connectivity index (χ1v) is 7.36. The van der Waals surface area contributed by atoms with Crippen LogP contribution in [0.4, 0.5) is 0 Å². The lowest BCUT2D eigenvalue weighted by atomic mass is 9.85. The normalized spacial score (nSPS) is 16.9. The zero-order valence-corrected chi connectivity index (χ0v) is 11.4. The second-order valence-corrected chi connectivity index (χ2v) is 5.41. The van der Waals surface area contributed by atoms with Gasteiger partial charge in [-0.05, 0) is 24.8 Å². The molecule has 1 saturated carbocycles. The van der Waals surface area contributed by atoms with Crippen LogP contribution in [-0.2, 0) is 6.54 Å². The standard InChI is InChI=1S/C15H24N2O/c1-2-12-17-14(10-11-16-17)15(18)9-8-13-6-4-3-5-7-13/h10-11,13H,2-9,12H2,1H3. The number of Topliss-reactive ketones (excluding diaryl/α,β-unsaturated/α-hetero) is 1. The van der Waals surface area contributed by atoms with Crippen LogP contribution >= 0.6 is 0 Å². The Balaban J connectivity index is 1.84. The third-order valence-electron chi connectivity index (χ3n) is 3.94. The van der Waals surface area contributed by atoms with Crippen LogP contribution < -0.4 is 0 Å².